The van der Waals surface area contributed by atoms with Crippen LogP contribution in [0.1, 0.15) is 46.5 Å². The number of piperazine rings is 1. The molecule has 1 saturated carbocycles. The number of urea groups is 1. The summed E-state index contributed by atoms with van der Waals surface area (Å²) in [5, 5.41) is 6.08. The Labute approximate surface area is 140 Å². The van der Waals surface area contributed by atoms with E-state index >= 15 is 0 Å². The lowest BCUT2D eigenvalue weighted by atomic mass is 9.86. The minimum atomic E-state index is -0.125. The van der Waals surface area contributed by atoms with Gasteiger partial charge in [-0.3, -0.25) is 9.69 Å². The average molecular weight is 324 g/mol. The molecule has 2 aliphatic rings. The van der Waals surface area contributed by atoms with Crippen molar-refractivity contribution in [3.8, 4) is 0 Å². The second-order valence-electron chi connectivity index (χ2n) is 6.91. The van der Waals surface area contributed by atoms with Crippen molar-refractivity contribution in [3.63, 3.8) is 0 Å². The molecular weight excluding hydrogens is 292 g/mol. The highest BCUT2D eigenvalue weighted by atomic mass is 16.2. The zero-order valence-electron chi connectivity index (χ0n) is 14.8. The van der Waals surface area contributed by atoms with Crippen LogP contribution in [0.15, 0.2) is 0 Å². The van der Waals surface area contributed by atoms with Crippen LogP contribution in [0.25, 0.3) is 0 Å². The van der Waals surface area contributed by atoms with Crippen molar-refractivity contribution in [2.45, 2.75) is 58.5 Å². The number of hydrogen-bond donors (Lipinski definition) is 2. The summed E-state index contributed by atoms with van der Waals surface area (Å²) >= 11 is 0. The Morgan fingerprint density at radius 1 is 1.13 bits per heavy atom. The van der Waals surface area contributed by atoms with Crippen LogP contribution in [0.3, 0.4) is 0 Å². The van der Waals surface area contributed by atoms with Gasteiger partial charge in [0.15, 0.2) is 0 Å². The average Bonchev–Trinajstić information content (AvgIpc) is 2.56. The third-order valence-corrected chi connectivity index (χ3v) is 5.30. The number of amides is 3. The molecule has 6 nitrogen and oxygen atoms in total. The first-order valence-corrected chi connectivity index (χ1v) is 9.10. The second kappa shape index (κ2) is 8.52. The van der Waals surface area contributed by atoms with Gasteiger partial charge in [-0.25, -0.2) is 4.79 Å². The summed E-state index contributed by atoms with van der Waals surface area (Å²) < 4.78 is 0. The van der Waals surface area contributed by atoms with Crippen LogP contribution < -0.4 is 10.6 Å². The number of rotatable bonds is 4. The maximum absolute atomic E-state index is 12.5. The summed E-state index contributed by atoms with van der Waals surface area (Å²) in [5.41, 5.74) is 0. The van der Waals surface area contributed by atoms with Gasteiger partial charge < -0.3 is 15.5 Å². The van der Waals surface area contributed by atoms with Gasteiger partial charge in [0.1, 0.15) is 0 Å². The molecule has 0 aromatic heterocycles. The van der Waals surface area contributed by atoms with Gasteiger partial charge in [-0.1, -0.05) is 19.8 Å². The Kier molecular flexibility index (Phi) is 6.69. The third-order valence-electron chi connectivity index (χ3n) is 5.30. The summed E-state index contributed by atoms with van der Waals surface area (Å²) in [5.74, 6) is 0.713. The van der Waals surface area contributed by atoms with E-state index in [4.69, 9.17) is 0 Å². The summed E-state index contributed by atoms with van der Waals surface area (Å²) in [7, 11) is 0. The van der Waals surface area contributed by atoms with E-state index in [1.165, 1.54) is 19.3 Å². The molecule has 132 valence electrons. The smallest absolute Gasteiger partial charge is 0.317 e. The zero-order chi connectivity index (χ0) is 16.8. The highest BCUT2D eigenvalue weighted by molar-refractivity contribution is 5.81. The van der Waals surface area contributed by atoms with Crippen LogP contribution in [0.2, 0.25) is 0 Å². The predicted octanol–water partition coefficient (Wildman–Crippen LogP) is 1.42. The van der Waals surface area contributed by atoms with Crippen LogP contribution in [-0.4, -0.2) is 66.5 Å². The molecule has 23 heavy (non-hydrogen) atoms. The van der Waals surface area contributed by atoms with Crippen LogP contribution in [0.4, 0.5) is 4.79 Å². The molecule has 6 heteroatoms. The van der Waals surface area contributed by atoms with Crippen LogP contribution >= 0.6 is 0 Å². The molecule has 1 saturated heterocycles. The fourth-order valence-electron chi connectivity index (χ4n) is 3.58. The Balaban J connectivity index is 1.78. The highest BCUT2D eigenvalue weighted by Crippen LogP contribution is 2.24. The summed E-state index contributed by atoms with van der Waals surface area (Å²) in [6, 6.07) is 0.205. The van der Waals surface area contributed by atoms with Gasteiger partial charge in [0.25, 0.3) is 0 Å². The number of nitrogens with zero attached hydrogens (tertiary/aromatic N) is 2. The first-order chi connectivity index (χ1) is 11.0. The van der Waals surface area contributed by atoms with E-state index < -0.39 is 0 Å². The summed E-state index contributed by atoms with van der Waals surface area (Å²) in [4.78, 5) is 28.4. The monoisotopic (exact) mass is 324 g/mol. The molecule has 2 fully saturated rings. The van der Waals surface area contributed by atoms with Crippen LogP contribution in [0, 0.1) is 5.92 Å². The van der Waals surface area contributed by atoms with E-state index in [1.54, 1.807) is 0 Å². The Morgan fingerprint density at radius 3 is 2.39 bits per heavy atom. The van der Waals surface area contributed by atoms with Gasteiger partial charge in [-0.15, -0.1) is 0 Å². The molecule has 3 amide bonds. The molecular formula is C17H32N4O2. The molecule has 0 radical (unpaired) electrons. The topological polar surface area (TPSA) is 64.7 Å². The van der Waals surface area contributed by atoms with Crippen molar-refractivity contribution in [1.29, 1.82) is 0 Å². The normalized spacial score (nSPS) is 27.3. The zero-order valence-corrected chi connectivity index (χ0v) is 14.8. The molecule has 2 rings (SSSR count). The second-order valence-corrected chi connectivity index (χ2v) is 6.91. The molecule has 1 aliphatic heterocycles. The largest absolute Gasteiger partial charge is 0.352 e. The minimum absolute atomic E-state index is 0.000264. The Hall–Kier alpha value is -1.30. The maximum Gasteiger partial charge on any atom is 0.317 e. The molecule has 0 aromatic carbocycles. The van der Waals surface area contributed by atoms with Gasteiger partial charge in [0.2, 0.25) is 5.91 Å². The van der Waals surface area contributed by atoms with Gasteiger partial charge in [-0.2, -0.15) is 0 Å². The SMILES string of the molecule is CCNC(=O)N1CCN([C@H](C)C(=O)N[C@@H]2CCCC[C@@H]2C)CC1. The fraction of sp³-hybridized carbons (Fsp3) is 0.882. The van der Waals surface area contributed by atoms with Gasteiger partial charge in [0, 0.05) is 38.8 Å². The van der Waals surface area contributed by atoms with Crippen LogP contribution in [0.5, 0.6) is 0 Å². The number of carbonyl (C=O) groups is 2. The molecule has 0 bridgehead atoms. The lowest BCUT2D eigenvalue weighted by Crippen LogP contribution is -2.57. The van der Waals surface area contributed by atoms with Crippen molar-refractivity contribution >= 4 is 11.9 Å². The lowest BCUT2D eigenvalue weighted by molar-refractivity contribution is -0.127. The van der Waals surface area contributed by atoms with Crippen molar-refractivity contribution in [2.75, 3.05) is 32.7 Å². The van der Waals surface area contributed by atoms with E-state index in [9.17, 15) is 9.59 Å². The van der Waals surface area contributed by atoms with Crippen molar-refractivity contribution < 1.29 is 9.59 Å². The summed E-state index contributed by atoms with van der Waals surface area (Å²) in [6.45, 7) is 9.67. The maximum atomic E-state index is 12.5. The molecule has 1 heterocycles. The van der Waals surface area contributed by atoms with Crippen molar-refractivity contribution in [2.24, 2.45) is 5.92 Å². The van der Waals surface area contributed by atoms with E-state index in [1.807, 2.05) is 18.7 Å². The lowest BCUT2D eigenvalue weighted by Gasteiger charge is -2.38. The molecule has 1 aliphatic carbocycles. The summed E-state index contributed by atoms with van der Waals surface area (Å²) in [6.07, 6.45) is 4.81. The number of hydrogen-bond acceptors (Lipinski definition) is 3. The van der Waals surface area contributed by atoms with E-state index in [0.29, 0.717) is 31.6 Å². The van der Waals surface area contributed by atoms with Gasteiger partial charge >= 0.3 is 6.03 Å². The van der Waals surface area contributed by atoms with Crippen molar-refractivity contribution in [1.82, 2.24) is 20.4 Å². The molecule has 2 N–H and O–H groups in total. The Bertz CT molecular complexity index is 407. The number of nitrogens with one attached hydrogen (secondary N) is 2. The van der Waals surface area contributed by atoms with Gasteiger partial charge in [0.05, 0.1) is 6.04 Å². The quantitative estimate of drug-likeness (QED) is 0.822. The fourth-order valence-corrected chi connectivity index (χ4v) is 3.58. The highest BCUT2D eigenvalue weighted by Gasteiger charge is 2.30. The van der Waals surface area contributed by atoms with Gasteiger partial charge in [-0.05, 0) is 32.6 Å². The molecule has 0 aromatic rings. The first kappa shape index (κ1) is 18.0. The molecule has 0 spiro atoms. The number of carbonyl (C=O) groups excluding carboxylic acids is 2. The Morgan fingerprint density at radius 2 is 1.78 bits per heavy atom. The predicted molar refractivity (Wildman–Crippen MR) is 91.2 cm³/mol. The third kappa shape index (κ3) is 4.83. The molecule has 0 unspecified atom stereocenters. The van der Waals surface area contributed by atoms with E-state index in [2.05, 4.69) is 22.5 Å². The van der Waals surface area contributed by atoms with E-state index in [0.717, 1.165) is 19.5 Å². The standard InChI is InChI=1S/C17H32N4O2/c1-4-18-17(23)21-11-9-20(10-12-21)14(3)16(22)19-15-8-6-5-7-13(15)2/h13-15H,4-12H2,1-3H3,(H,18,23)(H,19,22)/t13-,14+,15+/m0/s1. The van der Waals surface area contributed by atoms with Crippen molar-refractivity contribution in [3.05, 3.63) is 0 Å². The minimum Gasteiger partial charge on any atom is -0.352 e. The molecule has 3 atom stereocenters. The first-order valence-electron chi connectivity index (χ1n) is 9.10. The van der Waals surface area contributed by atoms with Crippen LogP contribution in [-0.2, 0) is 4.79 Å². The van der Waals surface area contributed by atoms with E-state index in [-0.39, 0.29) is 18.0 Å².